The number of rotatable bonds is 10. The number of likely N-dealkylation sites (tertiary alicyclic amines) is 1. The van der Waals surface area contributed by atoms with Crippen LogP contribution >= 0.6 is 0 Å². The van der Waals surface area contributed by atoms with Crippen LogP contribution < -0.4 is 15.2 Å². The zero-order chi connectivity index (χ0) is 31.7. The maximum Gasteiger partial charge on any atom is 0.415 e. The molecule has 2 amide bonds. The third kappa shape index (κ3) is 9.12. The van der Waals surface area contributed by atoms with Crippen molar-refractivity contribution in [1.82, 2.24) is 15.1 Å². The molecule has 1 aliphatic heterocycles. The Kier molecular flexibility index (Phi) is 11.1. The number of sulfonamides is 1. The number of nitrogens with zero attached hydrogens (tertiary/aromatic N) is 2. The second-order valence-electron chi connectivity index (χ2n) is 10.8. The summed E-state index contributed by atoms with van der Waals surface area (Å²) >= 11 is 0. The molecule has 1 fully saturated rings. The van der Waals surface area contributed by atoms with Gasteiger partial charge in [0.15, 0.2) is 0 Å². The Balaban J connectivity index is 1.40. The van der Waals surface area contributed by atoms with E-state index in [1.807, 2.05) is 20.0 Å². The van der Waals surface area contributed by atoms with E-state index in [0.29, 0.717) is 29.0 Å². The van der Waals surface area contributed by atoms with E-state index in [1.165, 1.54) is 6.07 Å². The predicted octanol–water partition coefficient (Wildman–Crippen LogP) is 4.95. The fourth-order valence-corrected chi connectivity index (χ4v) is 5.67. The fourth-order valence-electron chi connectivity index (χ4n) is 4.91. The molecule has 4 rings (SSSR count). The summed E-state index contributed by atoms with van der Waals surface area (Å²) in [5.74, 6) is 0.216. The molecular weight excluding hydrogens is 582 g/mol. The molecule has 1 saturated heterocycles. The molecule has 11 nitrogen and oxygen atoms in total. The van der Waals surface area contributed by atoms with Crippen LogP contribution in [0, 0.1) is 5.41 Å². The first kappa shape index (κ1) is 32.6. The van der Waals surface area contributed by atoms with E-state index in [9.17, 15) is 18.0 Å². The quantitative estimate of drug-likeness (QED) is 0.214. The van der Waals surface area contributed by atoms with Gasteiger partial charge < -0.3 is 19.3 Å². The van der Waals surface area contributed by atoms with Crippen molar-refractivity contribution in [1.29, 1.82) is 5.41 Å². The van der Waals surface area contributed by atoms with Crippen LogP contribution in [0.5, 0.6) is 5.75 Å². The number of alkyl carbamates (subject to hydrolysis) is 1. The lowest BCUT2D eigenvalue weighted by atomic mass is 10.1. The lowest BCUT2D eigenvalue weighted by Gasteiger charge is -2.28. The van der Waals surface area contributed by atoms with Crippen molar-refractivity contribution < 1.29 is 27.5 Å². The monoisotopic (exact) mass is 621 g/mol. The maximum absolute atomic E-state index is 13.2. The molecular formula is C32H39N5O6S. The zero-order valence-corrected chi connectivity index (χ0v) is 25.8. The van der Waals surface area contributed by atoms with Gasteiger partial charge in [0.25, 0.3) is 0 Å². The van der Waals surface area contributed by atoms with Crippen molar-refractivity contribution in [3.05, 3.63) is 83.9 Å². The van der Waals surface area contributed by atoms with E-state index in [-0.39, 0.29) is 23.4 Å². The smallest absolute Gasteiger partial charge is 0.415 e. The molecule has 1 heterocycles. The van der Waals surface area contributed by atoms with Gasteiger partial charge in [-0.25, -0.2) is 23.1 Å². The van der Waals surface area contributed by atoms with Crippen LogP contribution in [0.3, 0.4) is 0 Å². The van der Waals surface area contributed by atoms with Crippen LogP contribution in [0.15, 0.2) is 77.7 Å². The summed E-state index contributed by atoms with van der Waals surface area (Å²) in [6.07, 6.45) is 1.78. The van der Waals surface area contributed by atoms with E-state index in [2.05, 4.69) is 10.2 Å². The topological polar surface area (TPSA) is 155 Å². The van der Waals surface area contributed by atoms with Crippen LogP contribution in [0.4, 0.5) is 9.59 Å². The predicted molar refractivity (Wildman–Crippen MR) is 168 cm³/mol. The van der Waals surface area contributed by atoms with Gasteiger partial charge in [-0.2, -0.15) is 0 Å². The molecule has 0 saturated carbocycles. The van der Waals surface area contributed by atoms with Crippen LogP contribution in [0.1, 0.15) is 43.7 Å². The second-order valence-corrected chi connectivity index (χ2v) is 12.3. The summed E-state index contributed by atoms with van der Waals surface area (Å²) in [7, 11) is -1.89. The Morgan fingerprint density at radius 2 is 1.75 bits per heavy atom. The highest BCUT2D eigenvalue weighted by atomic mass is 32.2. The average molecular weight is 622 g/mol. The number of hydrogen-bond acceptors (Lipinski definition) is 8. The number of carbonyl (C=O) groups is 2. The molecule has 4 N–H and O–H groups in total. The van der Waals surface area contributed by atoms with Gasteiger partial charge in [0.1, 0.15) is 17.7 Å². The molecule has 0 unspecified atom stereocenters. The number of amidine groups is 1. The molecule has 0 bridgehead atoms. The van der Waals surface area contributed by atoms with Gasteiger partial charge in [0, 0.05) is 37.3 Å². The minimum atomic E-state index is -3.92. The molecule has 0 atom stereocenters. The molecule has 1 aliphatic rings. The standard InChI is InChI=1S/C32H39N5O6S/c1-3-4-18-37(32(39)43-26-14-12-24(13-15-26)28-10-5-6-11-29(28)44(34,40)41)22-23-8-7-9-25(21-23)30(33)35-31(38)42-27-16-19-36(2)20-17-27/h5-15,21,27H,3-4,16-20,22H2,1-2H3,(H2,33,35,38)(H2,34,40,41). The molecule has 3 aromatic carbocycles. The van der Waals surface area contributed by atoms with Crippen molar-refractivity contribution in [3.8, 4) is 16.9 Å². The van der Waals surface area contributed by atoms with Gasteiger partial charge in [0.2, 0.25) is 10.0 Å². The normalized spacial score (nSPS) is 14.1. The first-order valence-corrected chi connectivity index (χ1v) is 16.1. The van der Waals surface area contributed by atoms with Crippen molar-refractivity contribution in [3.63, 3.8) is 0 Å². The molecule has 0 spiro atoms. The number of unbranched alkanes of at least 4 members (excludes halogenated alkanes) is 1. The number of carbonyl (C=O) groups excluding carboxylic acids is 2. The largest absolute Gasteiger partial charge is 0.446 e. The van der Waals surface area contributed by atoms with E-state index >= 15 is 0 Å². The fraction of sp³-hybridized carbons (Fsp3) is 0.344. The number of nitrogens with one attached hydrogen (secondary N) is 2. The average Bonchev–Trinajstić information content (AvgIpc) is 3.00. The van der Waals surface area contributed by atoms with Gasteiger partial charge in [-0.3, -0.25) is 10.7 Å². The van der Waals surface area contributed by atoms with E-state index in [4.69, 9.17) is 20.0 Å². The summed E-state index contributed by atoms with van der Waals surface area (Å²) < 4.78 is 35.2. The Morgan fingerprint density at radius 3 is 2.43 bits per heavy atom. The number of ether oxygens (including phenoxy) is 2. The Bertz CT molecular complexity index is 1570. The number of amides is 2. The summed E-state index contributed by atoms with van der Waals surface area (Å²) in [5.41, 5.74) is 2.32. The molecule has 0 aliphatic carbocycles. The minimum Gasteiger partial charge on any atom is -0.446 e. The Morgan fingerprint density at radius 1 is 1.05 bits per heavy atom. The lowest BCUT2D eigenvalue weighted by Crippen LogP contribution is -2.39. The lowest BCUT2D eigenvalue weighted by molar-refractivity contribution is 0.0602. The molecule has 0 radical (unpaired) electrons. The van der Waals surface area contributed by atoms with Crippen molar-refractivity contribution >= 4 is 28.0 Å². The molecule has 3 aromatic rings. The summed E-state index contributed by atoms with van der Waals surface area (Å²) in [6, 6.07) is 20.0. The Hall–Kier alpha value is -4.26. The first-order chi connectivity index (χ1) is 21.0. The Labute approximate surface area is 258 Å². The number of primary sulfonamides is 1. The number of nitrogens with two attached hydrogens (primary N) is 1. The van der Waals surface area contributed by atoms with E-state index in [1.54, 1.807) is 65.6 Å². The number of benzene rings is 3. The summed E-state index contributed by atoms with van der Waals surface area (Å²) in [5, 5.41) is 16.3. The summed E-state index contributed by atoms with van der Waals surface area (Å²) in [6.45, 7) is 4.43. The van der Waals surface area contributed by atoms with Crippen molar-refractivity contribution in [2.24, 2.45) is 5.14 Å². The van der Waals surface area contributed by atoms with Gasteiger partial charge in [-0.05, 0) is 61.7 Å². The highest BCUT2D eigenvalue weighted by molar-refractivity contribution is 7.89. The summed E-state index contributed by atoms with van der Waals surface area (Å²) in [4.78, 5) is 29.4. The minimum absolute atomic E-state index is 0.00939. The number of hydrogen-bond donors (Lipinski definition) is 3. The van der Waals surface area contributed by atoms with Gasteiger partial charge in [0.05, 0.1) is 4.90 Å². The second kappa shape index (κ2) is 15.0. The molecule has 234 valence electrons. The third-order valence-corrected chi connectivity index (χ3v) is 8.33. The molecule has 44 heavy (non-hydrogen) atoms. The SMILES string of the molecule is CCCCN(Cc1cccc(C(=N)NC(=O)OC2CCN(C)CC2)c1)C(=O)Oc1ccc(-c2ccccc2S(N)(=O)=O)cc1. The molecule has 0 aromatic heterocycles. The van der Waals surface area contributed by atoms with Gasteiger partial charge in [-0.15, -0.1) is 0 Å². The van der Waals surface area contributed by atoms with E-state index in [0.717, 1.165) is 44.3 Å². The van der Waals surface area contributed by atoms with Crippen molar-refractivity contribution in [2.45, 2.75) is 50.2 Å². The number of piperidine rings is 1. The molecule has 12 heteroatoms. The highest BCUT2D eigenvalue weighted by Gasteiger charge is 2.22. The van der Waals surface area contributed by atoms with Gasteiger partial charge >= 0.3 is 12.2 Å². The van der Waals surface area contributed by atoms with Crippen LogP contribution in [-0.4, -0.2) is 69.0 Å². The zero-order valence-electron chi connectivity index (χ0n) is 25.0. The highest BCUT2D eigenvalue weighted by Crippen LogP contribution is 2.28. The van der Waals surface area contributed by atoms with E-state index < -0.39 is 22.2 Å². The van der Waals surface area contributed by atoms with Crippen LogP contribution in [-0.2, 0) is 21.3 Å². The van der Waals surface area contributed by atoms with Gasteiger partial charge in [-0.1, -0.05) is 61.9 Å². The first-order valence-electron chi connectivity index (χ1n) is 14.6. The van der Waals surface area contributed by atoms with Crippen molar-refractivity contribution in [2.75, 3.05) is 26.7 Å². The maximum atomic E-state index is 13.2. The third-order valence-electron chi connectivity index (χ3n) is 7.36. The van der Waals surface area contributed by atoms with Crippen LogP contribution in [0.25, 0.3) is 11.1 Å². The van der Waals surface area contributed by atoms with Crippen LogP contribution in [0.2, 0.25) is 0 Å².